The monoisotopic (exact) mass is 283 g/mol. The van der Waals surface area contributed by atoms with Crippen LogP contribution in [-0.4, -0.2) is 32.9 Å². The number of anilines is 2. The van der Waals surface area contributed by atoms with Crippen LogP contribution in [0.4, 0.5) is 11.4 Å². The fourth-order valence-electron chi connectivity index (χ4n) is 2.10. The summed E-state index contributed by atoms with van der Waals surface area (Å²) in [5.41, 5.74) is 2.89. The van der Waals surface area contributed by atoms with Crippen LogP contribution in [0.3, 0.4) is 0 Å². The quantitative estimate of drug-likeness (QED) is 0.840. The summed E-state index contributed by atoms with van der Waals surface area (Å²) in [4.78, 5) is 0. The molecule has 106 valence electrons. The lowest BCUT2D eigenvalue weighted by Crippen LogP contribution is -2.33. The van der Waals surface area contributed by atoms with Gasteiger partial charge >= 0.3 is 10.2 Å². The first-order valence-corrected chi connectivity index (χ1v) is 8.08. The molecule has 0 unspecified atom stereocenters. The molecule has 0 atom stereocenters. The lowest BCUT2D eigenvalue weighted by molar-refractivity contribution is 0.463. The van der Waals surface area contributed by atoms with Crippen molar-refractivity contribution >= 4 is 21.6 Å². The third kappa shape index (κ3) is 3.39. The molecule has 1 aromatic carbocycles. The maximum absolute atomic E-state index is 12.1. The van der Waals surface area contributed by atoms with Gasteiger partial charge in [0.2, 0.25) is 0 Å². The molecule has 1 heterocycles. The SMILES string of the molecule is CCCCN(C)S(=O)(=O)Nc1ccc2c(c1)CCN2. The molecule has 6 heteroatoms. The van der Waals surface area contributed by atoms with E-state index in [0.29, 0.717) is 12.2 Å². The Morgan fingerprint density at radius 1 is 1.42 bits per heavy atom. The van der Waals surface area contributed by atoms with Crippen molar-refractivity contribution < 1.29 is 8.42 Å². The molecule has 2 rings (SSSR count). The molecule has 0 bridgehead atoms. The Bertz CT molecular complexity index is 543. The molecule has 0 aromatic heterocycles. The Labute approximate surface area is 115 Å². The minimum absolute atomic E-state index is 0.540. The zero-order valence-corrected chi connectivity index (χ0v) is 12.3. The molecule has 0 spiro atoms. The molecule has 0 fully saturated rings. The number of unbranched alkanes of at least 4 members (excludes halogenated alkanes) is 1. The van der Waals surface area contributed by atoms with Gasteiger partial charge in [-0.25, -0.2) is 0 Å². The molecule has 0 aliphatic carbocycles. The number of hydrogen-bond acceptors (Lipinski definition) is 3. The number of fused-ring (bicyclic) bond motifs is 1. The molecule has 1 aromatic rings. The Hall–Kier alpha value is -1.27. The highest BCUT2D eigenvalue weighted by Crippen LogP contribution is 2.25. The summed E-state index contributed by atoms with van der Waals surface area (Å²) >= 11 is 0. The van der Waals surface area contributed by atoms with Crippen molar-refractivity contribution in [2.24, 2.45) is 0 Å². The van der Waals surface area contributed by atoms with Crippen LogP contribution in [0.1, 0.15) is 25.3 Å². The van der Waals surface area contributed by atoms with Gasteiger partial charge in [0.05, 0.1) is 5.69 Å². The van der Waals surface area contributed by atoms with E-state index >= 15 is 0 Å². The zero-order valence-electron chi connectivity index (χ0n) is 11.4. The van der Waals surface area contributed by atoms with E-state index in [9.17, 15) is 8.42 Å². The van der Waals surface area contributed by atoms with Gasteiger partial charge in [-0.1, -0.05) is 13.3 Å². The molecular formula is C13H21N3O2S. The van der Waals surface area contributed by atoms with E-state index in [2.05, 4.69) is 10.0 Å². The number of nitrogens with one attached hydrogen (secondary N) is 2. The van der Waals surface area contributed by atoms with Crippen LogP contribution in [0.15, 0.2) is 18.2 Å². The van der Waals surface area contributed by atoms with Gasteiger partial charge in [0.25, 0.3) is 0 Å². The van der Waals surface area contributed by atoms with E-state index in [4.69, 9.17) is 0 Å². The zero-order chi connectivity index (χ0) is 13.9. The second-order valence-corrected chi connectivity index (χ2v) is 6.61. The standard InChI is InChI=1S/C13H21N3O2S/c1-3-4-9-16(2)19(17,18)15-12-5-6-13-11(10-12)7-8-14-13/h5-6,10,14-15H,3-4,7-9H2,1-2H3. The van der Waals surface area contributed by atoms with Gasteiger partial charge in [0, 0.05) is 25.8 Å². The Kier molecular flexibility index (Phi) is 4.31. The summed E-state index contributed by atoms with van der Waals surface area (Å²) in [6, 6.07) is 5.62. The molecule has 1 aliphatic heterocycles. The molecule has 0 amide bonds. The van der Waals surface area contributed by atoms with Gasteiger partial charge in [-0.2, -0.15) is 12.7 Å². The Balaban J connectivity index is 2.07. The molecule has 5 nitrogen and oxygen atoms in total. The van der Waals surface area contributed by atoms with E-state index in [-0.39, 0.29) is 0 Å². The van der Waals surface area contributed by atoms with Crippen molar-refractivity contribution in [3.8, 4) is 0 Å². The average Bonchev–Trinajstić information content (AvgIpc) is 2.82. The van der Waals surface area contributed by atoms with Crippen molar-refractivity contribution in [2.75, 3.05) is 30.2 Å². The third-order valence-corrected chi connectivity index (χ3v) is 4.80. The van der Waals surface area contributed by atoms with Crippen molar-refractivity contribution in [3.05, 3.63) is 23.8 Å². The molecule has 0 radical (unpaired) electrons. The van der Waals surface area contributed by atoms with Crippen LogP contribution in [0.5, 0.6) is 0 Å². The van der Waals surface area contributed by atoms with Gasteiger partial charge in [0.1, 0.15) is 0 Å². The topological polar surface area (TPSA) is 61.4 Å². The van der Waals surface area contributed by atoms with E-state index < -0.39 is 10.2 Å². The van der Waals surface area contributed by atoms with E-state index in [1.54, 1.807) is 13.1 Å². The van der Waals surface area contributed by atoms with Crippen LogP contribution < -0.4 is 10.0 Å². The number of rotatable bonds is 6. The van der Waals surface area contributed by atoms with E-state index in [1.807, 2.05) is 19.1 Å². The molecular weight excluding hydrogens is 262 g/mol. The van der Waals surface area contributed by atoms with Crippen LogP contribution in [0, 0.1) is 0 Å². The molecule has 1 aliphatic rings. The normalized spacial score (nSPS) is 14.3. The molecule has 19 heavy (non-hydrogen) atoms. The first kappa shape index (κ1) is 14.1. The van der Waals surface area contributed by atoms with Crippen LogP contribution in [0.2, 0.25) is 0 Å². The van der Waals surface area contributed by atoms with Crippen LogP contribution in [-0.2, 0) is 16.6 Å². The van der Waals surface area contributed by atoms with E-state index in [1.165, 1.54) is 4.31 Å². The Morgan fingerprint density at radius 3 is 2.95 bits per heavy atom. The lowest BCUT2D eigenvalue weighted by atomic mass is 10.1. The molecule has 2 N–H and O–H groups in total. The largest absolute Gasteiger partial charge is 0.384 e. The maximum atomic E-state index is 12.1. The van der Waals surface area contributed by atoms with Gasteiger partial charge in [0.15, 0.2) is 0 Å². The second-order valence-electron chi connectivity index (χ2n) is 4.83. The summed E-state index contributed by atoms with van der Waals surface area (Å²) in [5.74, 6) is 0. The summed E-state index contributed by atoms with van der Waals surface area (Å²) in [7, 11) is -1.84. The third-order valence-electron chi connectivity index (χ3n) is 3.30. The van der Waals surface area contributed by atoms with Gasteiger partial charge in [-0.15, -0.1) is 0 Å². The first-order valence-electron chi connectivity index (χ1n) is 6.64. The average molecular weight is 283 g/mol. The molecule has 0 saturated carbocycles. The summed E-state index contributed by atoms with van der Waals surface area (Å²) in [6.45, 7) is 3.50. The number of nitrogens with zero attached hydrogens (tertiary/aromatic N) is 1. The summed E-state index contributed by atoms with van der Waals surface area (Å²) in [5, 5.41) is 3.25. The predicted molar refractivity (Wildman–Crippen MR) is 78.7 cm³/mol. The smallest absolute Gasteiger partial charge is 0.301 e. The highest BCUT2D eigenvalue weighted by atomic mass is 32.2. The Morgan fingerprint density at radius 2 is 2.21 bits per heavy atom. The number of hydrogen-bond donors (Lipinski definition) is 2. The van der Waals surface area contributed by atoms with Crippen molar-refractivity contribution in [2.45, 2.75) is 26.2 Å². The van der Waals surface area contributed by atoms with Crippen molar-refractivity contribution in [1.29, 1.82) is 0 Å². The fourth-order valence-corrected chi connectivity index (χ4v) is 3.05. The lowest BCUT2D eigenvalue weighted by Gasteiger charge is -2.18. The summed E-state index contributed by atoms with van der Waals surface area (Å²) < 4.78 is 28.2. The second kappa shape index (κ2) is 5.79. The highest BCUT2D eigenvalue weighted by molar-refractivity contribution is 7.90. The first-order chi connectivity index (χ1) is 9.03. The predicted octanol–water partition coefficient (Wildman–Crippen LogP) is 2.04. The van der Waals surface area contributed by atoms with Crippen LogP contribution >= 0.6 is 0 Å². The van der Waals surface area contributed by atoms with Gasteiger partial charge in [-0.05, 0) is 36.6 Å². The minimum Gasteiger partial charge on any atom is -0.384 e. The number of benzene rings is 1. The fraction of sp³-hybridized carbons (Fsp3) is 0.538. The van der Waals surface area contributed by atoms with Gasteiger partial charge in [-0.3, -0.25) is 4.72 Å². The van der Waals surface area contributed by atoms with Crippen LogP contribution in [0.25, 0.3) is 0 Å². The van der Waals surface area contributed by atoms with Gasteiger partial charge < -0.3 is 5.32 Å². The van der Waals surface area contributed by atoms with E-state index in [0.717, 1.165) is 37.1 Å². The summed E-state index contributed by atoms with van der Waals surface area (Å²) in [6.07, 6.45) is 2.78. The minimum atomic E-state index is -3.44. The van der Waals surface area contributed by atoms with Crippen molar-refractivity contribution in [3.63, 3.8) is 0 Å². The maximum Gasteiger partial charge on any atom is 0.301 e. The molecule has 0 saturated heterocycles. The highest BCUT2D eigenvalue weighted by Gasteiger charge is 2.18. The van der Waals surface area contributed by atoms with Crippen molar-refractivity contribution in [1.82, 2.24) is 4.31 Å².